The van der Waals surface area contributed by atoms with Crippen LogP contribution in [0.5, 0.6) is 0 Å². The number of fused-ring (bicyclic) bond motifs is 1. The fraction of sp³-hybridized carbons (Fsp3) is 0.481. The average Bonchev–Trinajstić information content (AvgIpc) is 3.30. The summed E-state index contributed by atoms with van der Waals surface area (Å²) < 4.78 is 42.7. The quantitative estimate of drug-likeness (QED) is 0.421. The van der Waals surface area contributed by atoms with Gasteiger partial charge >= 0.3 is 6.18 Å². The van der Waals surface area contributed by atoms with Gasteiger partial charge < -0.3 is 20.9 Å². The first-order valence-corrected chi connectivity index (χ1v) is 13.6. The van der Waals surface area contributed by atoms with Crippen molar-refractivity contribution in [2.75, 3.05) is 31.5 Å². The molecule has 2 aliphatic heterocycles. The number of halogens is 4. The van der Waals surface area contributed by atoms with Crippen LogP contribution < -0.4 is 16.0 Å². The van der Waals surface area contributed by atoms with Crippen LogP contribution in [0.3, 0.4) is 0 Å². The monoisotopic (exact) mass is 577 g/mol. The molecule has 40 heavy (non-hydrogen) atoms. The summed E-state index contributed by atoms with van der Waals surface area (Å²) in [7, 11) is 0. The lowest BCUT2D eigenvalue weighted by atomic mass is 9.99. The lowest BCUT2D eigenvalue weighted by molar-refractivity contribution is -0.140. The van der Waals surface area contributed by atoms with Crippen LogP contribution in [0.2, 0.25) is 5.02 Å². The van der Waals surface area contributed by atoms with Gasteiger partial charge in [0, 0.05) is 53.9 Å². The van der Waals surface area contributed by atoms with Crippen LogP contribution in [-0.2, 0) is 11.0 Å². The maximum atomic E-state index is 13.6. The first kappa shape index (κ1) is 28.2. The molecule has 0 bridgehead atoms. The van der Waals surface area contributed by atoms with E-state index >= 15 is 0 Å². The summed E-state index contributed by atoms with van der Waals surface area (Å²) in [5, 5.41) is 14.8. The minimum Gasteiger partial charge on any atom is -0.380 e. The van der Waals surface area contributed by atoms with Crippen molar-refractivity contribution in [2.24, 2.45) is 0 Å². The van der Waals surface area contributed by atoms with Gasteiger partial charge in [0.05, 0.1) is 23.3 Å². The maximum absolute atomic E-state index is 13.6. The van der Waals surface area contributed by atoms with Crippen LogP contribution in [-0.4, -0.2) is 69.7 Å². The number of alkyl halides is 3. The Morgan fingerprint density at radius 3 is 2.55 bits per heavy atom. The van der Waals surface area contributed by atoms with Crippen LogP contribution in [0, 0.1) is 6.92 Å². The number of nitrogens with one attached hydrogen (secondary N) is 3. The molecule has 4 heterocycles. The molecule has 2 amide bonds. The van der Waals surface area contributed by atoms with Gasteiger partial charge in [-0.1, -0.05) is 11.6 Å². The van der Waals surface area contributed by atoms with E-state index in [1.54, 1.807) is 17.2 Å². The Bertz CT molecular complexity index is 1420. The number of aromatic nitrogens is 3. The van der Waals surface area contributed by atoms with Gasteiger partial charge in [-0.15, -0.1) is 0 Å². The third-order valence-corrected chi connectivity index (χ3v) is 7.83. The lowest BCUT2D eigenvalue weighted by Crippen LogP contribution is -2.55. The summed E-state index contributed by atoms with van der Waals surface area (Å²) in [6.07, 6.45) is -0.826. The predicted molar refractivity (Wildman–Crippen MR) is 145 cm³/mol. The fourth-order valence-corrected chi connectivity index (χ4v) is 5.75. The van der Waals surface area contributed by atoms with Gasteiger partial charge in [-0.25, -0.2) is 4.98 Å². The largest absolute Gasteiger partial charge is 0.433 e. The van der Waals surface area contributed by atoms with Crippen molar-refractivity contribution in [1.29, 1.82) is 0 Å². The molecule has 2 fully saturated rings. The lowest BCUT2D eigenvalue weighted by Gasteiger charge is -2.38. The first-order valence-electron chi connectivity index (χ1n) is 13.2. The highest BCUT2D eigenvalue weighted by atomic mass is 35.5. The summed E-state index contributed by atoms with van der Waals surface area (Å²) in [5.41, 5.74) is 0.562. The molecule has 2 aliphatic rings. The van der Waals surface area contributed by atoms with E-state index in [0.29, 0.717) is 22.4 Å². The molecular weight excluding hydrogens is 547 g/mol. The van der Waals surface area contributed by atoms with Gasteiger partial charge in [-0.05, 0) is 63.5 Å². The number of hydrogen-bond donors (Lipinski definition) is 3. The van der Waals surface area contributed by atoms with Crippen molar-refractivity contribution in [3.8, 4) is 0 Å². The number of nitrogens with zero attached hydrogens (tertiary/aromatic N) is 4. The molecule has 2 atom stereocenters. The number of pyridine rings is 1. The summed E-state index contributed by atoms with van der Waals surface area (Å²) in [5.74, 6) is -0.494. The molecule has 2 aromatic heterocycles. The second-order valence-electron chi connectivity index (χ2n) is 10.5. The van der Waals surface area contributed by atoms with Gasteiger partial charge in [-0.2, -0.15) is 18.3 Å². The number of carbonyl (C=O) groups excluding carboxylic acids is 2. The highest BCUT2D eigenvalue weighted by Gasteiger charge is 2.35. The zero-order chi connectivity index (χ0) is 28.6. The van der Waals surface area contributed by atoms with Crippen molar-refractivity contribution in [3.05, 3.63) is 52.4 Å². The number of benzene rings is 1. The number of amides is 2. The van der Waals surface area contributed by atoms with Crippen LogP contribution in [0.1, 0.15) is 54.0 Å². The molecule has 0 unspecified atom stereocenters. The molecule has 1 aromatic carbocycles. The molecule has 0 saturated carbocycles. The number of piperidine rings is 2. The summed E-state index contributed by atoms with van der Waals surface area (Å²) >= 11 is 6.14. The molecule has 3 N–H and O–H groups in total. The molecule has 5 rings (SSSR count). The minimum absolute atomic E-state index is 0.145. The Hall–Kier alpha value is -3.38. The van der Waals surface area contributed by atoms with Crippen LogP contribution in [0.15, 0.2) is 30.5 Å². The Balaban J connectivity index is 1.37. The standard InChI is InChI=1S/C27H31ClF3N7O2/c1-15-22(12-33-38(15)20-5-7-32-8-6-20)26(40)35-19-10-18(13-37(14-19)16(2)39)34-24-11-25(27(29,30)31)36-23-4-3-17(28)9-21(23)24/h3-4,9,11-12,18-20,32H,5-8,10,13-14H2,1-2H3,(H,34,36)(H,35,40)/t18-,19+/m1/s1. The number of hydrogen-bond acceptors (Lipinski definition) is 6. The zero-order valence-electron chi connectivity index (χ0n) is 22.2. The van der Waals surface area contributed by atoms with E-state index < -0.39 is 24.0 Å². The van der Waals surface area contributed by atoms with E-state index in [1.165, 1.54) is 19.1 Å². The molecule has 3 aromatic rings. The van der Waals surface area contributed by atoms with Crippen molar-refractivity contribution in [1.82, 2.24) is 30.3 Å². The number of anilines is 1. The van der Waals surface area contributed by atoms with Crippen molar-refractivity contribution >= 4 is 40.0 Å². The minimum atomic E-state index is -4.64. The van der Waals surface area contributed by atoms with Gasteiger partial charge in [0.2, 0.25) is 5.91 Å². The average molecular weight is 578 g/mol. The van der Waals surface area contributed by atoms with Crippen molar-refractivity contribution < 1.29 is 22.8 Å². The third kappa shape index (κ3) is 6.02. The summed E-state index contributed by atoms with van der Waals surface area (Å²) in [6.45, 7) is 5.64. The van der Waals surface area contributed by atoms with Gasteiger partial charge in [0.1, 0.15) is 5.69 Å². The van der Waals surface area contributed by atoms with E-state index in [0.717, 1.165) is 37.7 Å². The highest BCUT2D eigenvalue weighted by Crippen LogP contribution is 2.35. The Labute approximate surface area is 234 Å². The highest BCUT2D eigenvalue weighted by molar-refractivity contribution is 6.31. The molecule has 0 spiro atoms. The van der Waals surface area contributed by atoms with E-state index in [4.69, 9.17) is 11.6 Å². The van der Waals surface area contributed by atoms with E-state index in [1.807, 2.05) is 11.6 Å². The predicted octanol–water partition coefficient (Wildman–Crippen LogP) is 4.17. The number of rotatable bonds is 5. The molecule has 9 nitrogen and oxygen atoms in total. The molecular formula is C27H31ClF3N7O2. The smallest absolute Gasteiger partial charge is 0.380 e. The number of likely N-dealkylation sites (tertiary alicyclic amines) is 1. The second kappa shape index (κ2) is 11.2. The second-order valence-corrected chi connectivity index (χ2v) is 10.9. The Morgan fingerprint density at radius 2 is 1.85 bits per heavy atom. The summed E-state index contributed by atoms with van der Waals surface area (Å²) in [6, 6.07) is 4.80. The third-order valence-electron chi connectivity index (χ3n) is 7.60. The van der Waals surface area contributed by atoms with Crippen molar-refractivity contribution in [3.63, 3.8) is 0 Å². The number of carbonyl (C=O) groups is 2. The summed E-state index contributed by atoms with van der Waals surface area (Å²) in [4.78, 5) is 31.0. The van der Waals surface area contributed by atoms with Crippen molar-refractivity contribution in [2.45, 2.75) is 57.4 Å². The van der Waals surface area contributed by atoms with E-state index in [9.17, 15) is 22.8 Å². The molecule has 13 heteroatoms. The van der Waals surface area contributed by atoms with E-state index in [2.05, 4.69) is 26.0 Å². The van der Waals surface area contributed by atoms with E-state index in [-0.39, 0.29) is 42.1 Å². The van der Waals surface area contributed by atoms with Gasteiger partial charge in [0.25, 0.3) is 5.91 Å². The Kier molecular flexibility index (Phi) is 7.92. The molecule has 0 radical (unpaired) electrons. The normalized spacial score (nSPS) is 20.5. The molecule has 2 saturated heterocycles. The first-order chi connectivity index (χ1) is 19.0. The fourth-order valence-electron chi connectivity index (χ4n) is 5.58. The topological polar surface area (TPSA) is 104 Å². The van der Waals surface area contributed by atoms with Crippen LogP contribution >= 0.6 is 11.6 Å². The molecule has 0 aliphatic carbocycles. The van der Waals surface area contributed by atoms with Gasteiger partial charge in [-0.3, -0.25) is 14.3 Å². The maximum Gasteiger partial charge on any atom is 0.433 e. The Morgan fingerprint density at radius 1 is 1.12 bits per heavy atom. The molecule has 214 valence electrons. The zero-order valence-corrected chi connectivity index (χ0v) is 22.9. The SMILES string of the molecule is CC(=O)N1C[C@@H](NC(=O)c2cnn(C3CCNCC3)c2C)C[C@@H](Nc2cc(C(F)(F)F)nc3ccc(Cl)cc23)C1. The van der Waals surface area contributed by atoms with Crippen LogP contribution in [0.25, 0.3) is 10.9 Å². The van der Waals surface area contributed by atoms with Crippen LogP contribution in [0.4, 0.5) is 18.9 Å². The van der Waals surface area contributed by atoms with Gasteiger partial charge in [0.15, 0.2) is 0 Å².